The molecule has 0 bridgehead atoms. The van der Waals surface area contributed by atoms with E-state index in [1.807, 2.05) is 18.2 Å². The van der Waals surface area contributed by atoms with Gasteiger partial charge < -0.3 is 10.1 Å². The molecule has 1 fully saturated rings. The number of hydrogen-bond acceptors (Lipinski definition) is 4. The van der Waals surface area contributed by atoms with Gasteiger partial charge in [0.2, 0.25) is 5.91 Å². The number of alkyl halides is 3. The van der Waals surface area contributed by atoms with Gasteiger partial charge in [0.25, 0.3) is 0 Å². The monoisotopic (exact) mass is 484 g/mol. The van der Waals surface area contributed by atoms with Gasteiger partial charge in [-0.25, -0.2) is 4.79 Å². The molecule has 3 aromatic rings. The molecule has 2 amide bonds. The number of H-pyrrole nitrogens is 1. The lowest BCUT2D eigenvalue weighted by Crippen LogP contribution is -2.33. The molecular weight excluding hydrogens is 461 g/mol. The van der Waals surface area contributed by atoms with Gasteiger partial charge in [0.1, 0.15) is 6.10 Å². The lowest BCUT2D eigenvalue weighted by molar-refractivity contribution is -0.137. The van der Waals surface area contributed by atoms with Crippen LogP contribution in [0.5, 0.6) is 0 Å². The molecule has 2 aromatic carbocycles. The van der Waals surface area contributed by atoms with Crippen molar-refractivity contribution >= 4 is 17.7 Å². The molecule has 0 saturated carbocycles. The third-order valence-corrected chi connectivity index (χ3v) is 6.33. The predicted molar refractivity (Wildman–Crippen MR) is 123 cm³/mol. The molecule has 0 spiro atoms. The summed E-state index contributed by atoms with van der Waals surface area (Å²) in [5, 5.41) is 10.1. The number of carbonyl (C=O) groups excluding carboxylic acids is 2. The SMILES string of the molecule is CC(=O)NC[C@H]1CN(c2ccc3c(c2)-c2[nH]nc(-c4cccc(C(F)(F)F)c4)c2CCC3)C(=O)O1. The fourth-order valence-electron chi connectivity index (χ4n) is 4.65. The quantitative estimate of drug-likeness (QED) is 0.562. The number of aromatic nitrogens is 2. The minimum absolute atomic E-state index is 0.201. The highest BCUT2D eigenvalue weighted by atomic mass is 19.4. The number of amides is 2. The van der Waals surface area contributed by atoms with Gasteiger partial charge in [0.15, 0.2) is 0 Å². The Balaban J connectivity index is 1.49. The van der Waals surface area contributed by atoms with Crippen molar-refractivity contribution in [3.8, 4) is 22.5 Å². The fraction of sp³-hybridized carbons (Fsp3) is 0.320. The second-order valence-electron chi connectivity index (χ2n) is 8.75. The first kappa shape index (κ1) is 22.9. The summed E-state index contributed by atoms with van der Waals surface area (Å²) in [5.41, 5.74) is 4.35. The molecule has 5 rings (SSSR count). The number of aryl methyl sites for hydroxylation is 1. The van der Waals surface area contributed by atoms with E-state index < -0.39 is 23.9 Å². The molecule has 0 radical (unpaired) electrons. The summed E-state index contributed by atoms with van der Waals surface area (Å²) in [6.45, 7) is 1.92. The molecule has 10 heteroatoms. The minimum Gasteiger partial charge on any atom is -0.442 e. The van der Waals surface area contributed by atoms with Crippen molar-refractivity contribution in [2.45, 2.75) is 38.5 Å². The molecule has 1 aliphatic carbocycles. The number of aromatic amines is 1. The van der Waals surface area contributed by atoms with Crippen molar-refractivity contribution in [2.24, 2.45) is 0 Å². The maximum absolute atomic E-state index is 13.3. The highest BCUT2D eigenvalue weighted by molar-refractivity contribution is 5.91. The summed E-state index contributed by atoms with van der Waals surface area (Å²) in [5.74, 6) is -0.201. The van der Waals surface area contributed by atoms with Gasteiger partial charge in [-0.3, -0.25) is 14.8 Å². The predicted octanol–water partition coefficient (Wildman–Crippen LogP) is 4.71. The largest absolute Gasteiger partial charge is 0.442 e. The Bertz CT molecular complexity index is 1300. The lowest BCUT2D eigenvalue weighted by Gasteiger charge is -2.16. The van der Waals surface area contributed by atoms with Crippen molar-refractivity contribution < 1.29 is 27.5 Å². The normalized spacial score (nSPS) is 17.4. The molecule has 1 aromatic heterocycles. The van der Waals surface area contributed by atoms with Crippen LogP contribution in [0.2, 0.25) is 0 Å². The summed E-state index contributed by atoms with van der Waals surface area (Å²) in [6, 6.07) is 10.9. The van der Waals surface area contributed by atoms with Gasteiger partial charge in [-0.1, -0.05) is 18.2 Å². The maximum Gasteiger partial charge on any atom is 0.416 e. The number of nitrogens with zero attached hydrogens (tertiary/aromatic N) is 2. The molecule has 7 nitrogen and oxygen atoms in total. The maximum atomic E-state index is 13.3. The van der Waals surface area contributed by atoms with E-state index in [0.29, 0.717) is 29.9 Å². The molecule has 1 atom stereocenters. The van der Waals surface area contributed by atoms with Crippen LogP contribution in [-0.2, 0) is 28.5 Å². The first-order valence-corrected chi connectivity index (χ1v) is 11.3. The van der Waals surface area contributed by atoms with Gasteiger partial charge in [-0.2, -0.15) is 18.3 Å². The Kier molecular flexibility index (Phi) is 5.74. The van der Waals surface area contributed by atoms with Gasteiger partial charge in [-0.05, 0) is 49.1 Å². The van der Waals surface area contributed by atoms with Crippen LogP contribution in [-0.4, -0.2) is 41.4 Å². The highest BCUT2D eigenvalue weighted by Crippen LogP contribution is 2.39. The molecule has 1 aliphatic heterocycles. The Morgan fingerprint density at radius 1 is 1.23 bits per heavy atom. The van der Waals surface area contributed by atoms with E-state index in [0.717, 1.165) is 47.4 Å². The Hall–Kier alpha value is -3.82. The van der Waals surface area contributed by atoms with E-state index in [9.17, 15) is 22.8 Å². The van der Waals surface area contributed by atoms with E-state index in [4.69, 9.17) is 4.74 Å². The fourth-order valence-corrected chi connectivity index (χ4v) is 4.65. The number of hydrogen-bond donors (Lipinski definition) is 2. The first-order chi connectivity index (χ1) is 16.7. The van der Waals surface area contributed by atoms with Crippen molar-refractivity contribution in [3.05, 3.63) is 59.2 Å². The molecule has 182 valence electrons. The van der Waals surface area contributed by atoms with Crippen molar-refractivity contribution in [2.75, 3.05) is 18.0 Å². The zero-order valence-electron chi connectivity index (χ0n) is 18.9. The van der Waals surface area contributed by atoms with E-state index in [-0.39, 0.29) is 12.5 Å². The van der Waals surface area contributed by atoms with E-state index in [1.165, 1.54) is 17.9 Å². The number of ether oxygens (including phenoxy) is 1. The van der Waals surface area contributed by atoms with E-state index in [2.05, 4.69) is 15.5 Å². The number of nitrogens with one attached hydrogen (secondary N) is 2. The van der Waals surface area contributed by atoms with Crippen LogP contribution in [0.4, 0.5) is 23.7 Å². The standard InChI is InChI=1S/C25H23F3N4O3/c1-14(33)29-12-19-13-32(24(34)35-19)18-9-8-15-4-3-7-20-22(30-31-23(20)21(15)11-18)16-5-2-6-17(10-16)25(26,27)28/h2,5-6,8-11,19H,3-4,7,12-13H2,1H3,(H,29,33)(H,30,31)/t19-/m0/s1. The highest BCUT2D eigenvalue weighted by Gasteiger charge is 2.34. The molecule has 2 N–H and O–H groups in total. The number of halogens is 3. The summed E-state index contributed by atoms with van der Waals surface area (Å²) in [6.07, 6.45) is -3.13. The van der Waals surface area contributed by atoms with E-state index in [1.54, 1.807) is 6.07 Å². The van der Waals surface area contributed by atoms with Crippen LogP contribution >= 0.6 is 0 Å². The summed E-state index contributed by atoms with van der Waals surface area (Å²) < 4.78 is 45.2. The van der Waals surface area contributed by atoms with Crippen LogP contribution < -0.4 is 10.2 Å². The van der Waals surface area contributed by atoms with Gasteiger partial charge in [-0.15, -0.1) is 0 Å². The Morgan fingerprint density at radius 2 is 2.06 bits per heavy atom. The Labute approximate surface area is 199 Å². The van der Waals surface area contributed by atoms with Crippen molar-refractivity contribution in [1.29, 1.82) is 0 Å². The van der Waals surface area contributed by atoms with Crippen LogP contribution in [0.25, 0.3) is 22.5 Å². The number of rotatable bonds is 4. The molecule has 2 aliphatic rings. The zero-order valence-corrected chi connectivity index (χ0v) is 18.9. The summed E-state index contributed by atoms with van der Waals surface area (Å²) in [4.78, 5) is 25.2. The minimum atomic E-state index is -4.44. The number of anilines is 1. The smallest absolute Gasteiger partial charge is 0.416 e. The van der Waals surface area contributed by atoms with Crippen LogP contribution in [0.1, 0.15) is 30.0 Å². The average Bonchev–Trinajstić information content (AvgIpc) is 3.36. The number of cyclic esters (lactones) is 1. The molecule has 35 heavy (non-hydrogen) atoms. The van der Waals surface area contributed by atoms with Gasteiger partial charge in [0, 0.05) is 29.3 Å². The Morgan fingerprint density at radius 3 is 2.83 bits per heavy atom. The molecule has 2 heterocycles. The van der Waals surface area contributed by atoms with E-state index >= 15 is 0 Å². The molecule has 0 unspecified atom stereocenters. The second kappa shape index (κ2) is 8.75. The third kappa shape index (κ3) is 4.48. The lowest BCUT2D eigenvalue weighted by atomic mass is 9.98. The van der Waals surface area contributed by atoms with Crippen LogP contribution in [0, 0.1) is 0 Å². The zero-order chi connectivity index (χ0) is 24.7. The topological polar surface area (TPSA) is 87.3 Å². The van der Waals surface area contributed by atoms with Gasteiger partial charge in [0.05, 0.1) is 30.0 Å². The third-order valence-electron chi connectivity index (χ3n) is 6.33. The van der Waals surface area contributed by atoms with Crippen molar-refractivity contribution in [1.82, 2.24) is 15.5 Å². The van der Waals surface area contributed by atoms with Gasteiger partial charge >= 0.3 is 12.3 Å². The number of carbonyl (C=O) groups is 2. The van der Waals surface area contributed by atoms with Crippen LogP contribution in [0.3, 0.4) is 0 Å². The second-order valence-corrected chi connectivity index (χ2v) is 8.75. The first-order valence-electron chi connectivity index (χ1n) is 11.3. The van der Waals surface area contributed by atoms with Crippen molar-refractivity contribution in [3.63, 3.8) is 0 Å². The average molecular weight is 484 g/mol. The summed E-state index contributed by atoms with van der Waals surface area (Å²) >= 11 is 0. The molecule has 1 saturated heterocycles. The number of fused-ring (bicyclic) bond motifs is 3. The van der Waals surface area contributed by atoms with Crippen LogP contribution in [0.15, 0.2) is 42.5 Å². The number of benzene rings is 2. The summed E-state index contributed by atoms with van der Waals surface area (Å²) in [7, 11) is 0. The molecular formula is C25H23F3N4O3.